The summed E-state index contributed by atoms with van der Waals surface area (Å²) in [7, 11) is 0. The van der Waals surface area contributed by atoms with Crippen molar-refractivity contribution >= 4 is 18.0 Å². The Morgan fingerprint density at radius 2 is 2.19 bits per heavy atom. The van der Waals surface area contributed by atoms with E-state index in [4.69, 9.17) is 5.11 Å². The number of nitrogens with zero attached hydrogens (tertiary/aromatic N) is 1. The van der Waals surface area contributed by atoms with Crippen LogP contribution in [0.3, 0.4) is 0 Å². The number of carboxylic acids is 1. The first kappa shape index (κ1) is 13.8. The Morgan fingerprint density at radius 1 is 1.33 bits per heavy atom. The van der Waals surface area contributed by atoms with E-state index in [1.54, 1.807) is 18.3 Å². The summed E-state index contributed by atoms with van der Waals surface area (Å²) in [5.41, 5.74) is 0.818. The van der Waals surface area contributed by atoms with Crippen molar-refractivity contribution in [1.29, 1.82) is 0 Å². The average molecular weight is 286 g/mol. The van der Waals surface area contributed by atoms with Crippen LogP contribution in [-0.4, -0.2) is 28.0 Å². The molecule has 2 N–H and O–H groups in total. The lowest BCUT2D eigenvalue weighted by Crippen LogP contribution is -2.39. The molecule has 2 fully saturated rings. The van der Waals surface area contributed by atoms with Crippen LogP contribution < -0.4 is 5.32 Å². The molecule has 3 rings (SSSR count). The standard InChI is InChI=1S/C16H18N2O3/c19-14(20)6-5-11-2-1-7-17-15(11)16(21)18-13-9-10-3-4-12(13)8-10/h1-2,5-7,10,12-13H,3-4,8-9H2,(H,18,21)(H,19,20)/b6-5+. The van der Waals surface area contributed by atoms with Crippen LogP contribution in [0, 0.1) is 11.8 Å². The number of amides is 1. The monoisotopic (exact) mass is 286 g/mol. The Morgan fingerprint density at radius 3 is 2.86 bits per heavy atom. The minimum atomic E-state index is -1.04. The summed E-state index contributed by atoms with van der Waals surface area (Å²) in [5, 5.41) is 11.8. The number of aromatic nitrogens is 1. The summed E-state index contributed by atoms with van der Waals surface area (Å²) in [6.07, 6.45) is 8.74. The van der Waals surface area contributed by atoms with Gasteiger partial charge in [-0.1, -0.05) is 12.5 Å². The normalized spacial score (nSPS) is 27.1. The Hall–Kier alpha value is -2.17. The first-order valence-corrected chi connectivity index (χ1v) is 7.30. The van der Waals surface area contributed by atoms with Crippen molar-refractivity contribution in [1.82, 2.24) is 10.3 Å². The molecule has 3 atom stereocenters. The van der Waals surface area contributed by atoms with Gasteiger partial charge in [-0.15, -0.1) is 0 Å². The fourth-order valence-electron chi connectivity index (χ4n) is 3.56. The van der Waals surface area contributed by atoms with Crippen molar-refractivity contribution in [2.24, 2.45) is 11.8 Å². The van der Waals surface area contributed by atoms with Crippen LogP contribution in [0.4, 0.5) is 0 Å². The average Bonchev–Trinajstić information content (AvgIpc) is 3.08. The highest BCUT2D eigenvalue weighted by Crippen LogP contribution is 2.44. The molecule has 1 amide bonds. The van der Waals surface area contributed by atoms with Gasteiger partial charge < -0.3 is 10.4 Å². The third kappa shape index (κ3) is 2.96. The molecule has 21 heavy (non-hydrogen) atoms. The molecular weight excluding hydrogens is 268 g/mol. The molecule has 1 aromatic rings. The van der Waals surface area contributed by atoms with Crippen LogP contribution in [0.5, 0.6) is 0 Å². The second-order valence-electron chi connectivity index (χ2n) is 5.87. The van der Waals surface area contributed by atoms with E-state index < -0.39 is 5.97 Å². The Kier molecular flexibility index (Phi) is 3.73. The molecule has 0 radical (unpaired) electrons. The van der Waals surface area contributed by atoms with Gasteiger partial charge in [0.2, 0.25) is 0 Å². The highest BCUT2D eigenvalue weighted by atomic mass is 16.4. The third-order valence-electron chi connectivity index (χ3n) is 4.51. The summed E-state index contributed by atoms with van der Waals surface area (Å²) in [6, 6.07) is 3.63. The molecule has 0 aliphatic heterocycles. The number of fused-ring (bicyclic) bond motifs is 2. The van der Waals surface area contributed by atoms with E-state index in [-0.39, 0.29) is 17.6 Å². The number of hydrogen-bond acceptors (Lipinski definition) is 3. The van der Waals surface area contributed by atoms with Crippen molar-refractivity contribution in [2.45, 2.75) is 31.7 Å². The molecule has 0 saturated heterocycles. The van der Waals surface area contributed by atoms with E-state index in [0.29, 0.717) is 11.5 Å². The molecule has 0 spiro atoms. The molecule has 2 aliphatic rings. The maximum Gasteiger partial charge on any atom is 0.328 e. The lowest BCUT2D eigenvalue weighted by Gasteiger charge is -2.22. The van der Waals surface area contributed by atoms with Gasteiger partial charge in [-0.25, -0.2) is 4.79 Å². The number of aliphatic carboxylic acids is 1. The third-order valence-corrected chi connectivity index (χ3v) is 4.51. The predicted molar refractivity (Wildman–Crippen MR) is 77.6 cm³/mol. The van der Waals surface area contributed by atoms with Crippen molar-refractivity contribution in [3.63, 3.8) is 0 Å². The zero-order valence-electron chi connectivity index (χ0n) is 11.7. The minimum absolute atomic E-state index is 0.210. The van der Waals surface area contributed by atoms with Crippen LogP contribution in [0.1, 0.15) is 41.7 Å². The first-order valence-electron chi connectivity index (χ1n) is 7.30. The number of nitrogens with one attached hydrogen (secondary N) is 1. The van der Waals surface area contributed by atoms with E-state index in [9.17, 15) is 9.59 Å². The number of hydrogen-bond donors (Lipinski definition) is 2. The maximum atomic E-state index is 12.4. The van der Waals surface area contributed by atoms with E-state index in [0.717, 1.165) is 18.4 Å². The van der Waals surface area contributed by atoms with Gasteiger partial charge in [-0.05, 0) is 43.2 Å². The molecule has 3 unspecified atom stereocenters. The van der Waals surface area contributed by atoms with Crippen LogP contribution in [-0.2, 0) is 4.79 Å². The number of pyridine rings is 1. The summed E-state index contributed by atoms with van der Waals surface area (Å²) < 4.78 is 0. The second kappa shape index (κ2) is 5.68. The van der Waals surface area contributed by atoms with Crippen LogP contribution in [0.15, 0.2) is 24.4 Å². The fraction of sp³-hybridized carbons (Fsp3) is 0.438. The Bertz CT molecular complexity index is 597. The zero-order chi connectivity index (χ0) is 14.8. The quantitative estimate of drug-likeness (QED) is 0.831. The number of rotatable bonds is 4. The van der Waals surface area contributed by atoms with Crippen molar-refractivity contribution in [3.05, 3.63) is 35.7 Å². The summed E-state index contributed by atoms with van der Waals surface area (Å²) in [5.74, 6) is 0.104. The van der Waals surface area contributed by atoms with Crippen molar-refractivity contribution in [2.75, 3.05) is 0 Å². The Labute approximate surface area is 123 Å². The molecule has 2 bridgehead atoms. The SMILES string of the molecule is O=C(O)/C=C/c1cccnc1C(=O)NC1CC2CCC1C2. The molecule has 2 saturated carbocycles. The van der Waals surface area contributed by atoms with E-state index in [2.05, 4.69) is 10.3 Å². The smallest absolute Gasteiger partial charge is 0.328 e. The number of carbonyl (C=O) groups is 2. The molecule has 110 valence electrons. The van der Waals surface area contributed by atoms with E-state index in [1.165, 1.54) is 25.3 Å². The topological polar surface area (TPSA) is 79.3 Å². The Balaban J connectivity index is 1.74. The molecular formula is C16H18N2O3. The summed E-state index contributed by atoms with van der Waals surface area (Å²) >= 11 is 0. The molecule has 2 aliphatic carbocycles. The van der Waals surface area contributed by atoms with Gasteiger partial charge in [-0.3, -0.25) is 9.78 Å². The van der Waals surface area contributed by atoms with Gasteiger partial charge in [0.25, 0.3) is 5.91 Å². The van der Waals surface area contributed by atoms with Crippen LogP contribution in [0.2, 0.25) is 0 Å². The first-order chi connectivity index (χ1) is 10.1. The van der Waals surface area contributed by atoms with E-state index >= 15 is 0 Å². The highest BCUT2D eigenvalue weighted by molar-refractivity contribution is 5.97. The van der Waals surface area contributed by atoms with Crippen molar-refractivity contribution < 1.29 is 14.7 Å². The maximum absolute atomic E-state index is 12.4. The zero-order valence-corrected chi connectivity index (χ0v) is 11.7. The lowest BCUT2D eigenvalue weighted by atomic mass is 9.95. The van der Waals surface area contributed by atoms with Gasteiger partial charge in [0.05, 0.1) is 0 Å². The molecule has 1 aromatic heterocycles. The summed E-state index contributed by atoms with van der Waals surface area (Å²) in [6.45, 7) is 0. The number of carboxylic acid groups (broad SMARTS) is 1. The van der Waals surface area contributed by atoms with Gasteiger partial charge >= 0.3 is 5.97 Å². The molecule has 5 heteroatoms. The van der Waals surface area contributed by atoms with Crippen molar-refractivity contribution in [3.8, 4) is 0 Å². The summed E-state index contributed by atoms with van der Waals surface area (Å²) in [4.78, 5) is 27.1. The van der Waals surface area contributed by atoms with E-state index in [1.807, 2.05) is 0 Å². The van der Waals surface area contributed by atoms with Crippen LogP contribution >= 0.6 is 0 Å². The predicted octanol–water partition coefficient (Wildman–Crippen LogP) is 2.10. The van der Waals surface area contributed by atoms with Gasteiger partial charge in [0.15, 0.2) is 0 Å². The van der Waals surface area contributed by atoms with Crippen LogP contribution in [0.25, 0.3) is 6.08 Å². The molecule has 0 aromatic carbocycles. The van der Waals surface area contributed by atoms with Gasteiger partial charge in [0, 0.05) is 23.9 Å². The van der Waals surface area contributed by atoms with Gasteiger partial charge in [-0.2, -0.15) is 0 Å². The van der Waals surface area contributed by atoms with Gasteiger partial charge in [0.1, 0.15) is 5.69 Å². The highest BCUT2D eigenvalue weighted by Gasteiger charge is 2.40. The fourth-order valence-corrected chi connectivity index (χ4v) is 3.56. The lowest BCUT2D eigenvalue weighted by molar-refractivity contribution is -0.131. The minimum Gasteiger partial charge on any atom is -0.478 e. The second-order valence-corrected chi connectivity index (χ2v) is 5.87. The largest absolute Gasteiger partial charge is 0.478 e. The molecule has 1 heterocycles. The number of carbonyl (C=O) groups excluding carboxylic acids is 1. The molecule has 5 nitrogen and oxygen atoms in total.